The van der Waals surface area contributed by atoms with Crippen LogP contribution in [0.4, 0.5) is 0 Å². The number of hydrogen-bond acceptors (Lipinski definition) is 3. The van der Waals surface area contributed by atoms with Gasteiger partial charge in [0.1, 0.15) is 0 Å². The quantitative estimate of drug-likeness (QED) is 0.891. The van der Waals surface area contributed by atoms with Crippen molar-refractivity contribution < 1.29 is 8.42 Å². The predicted octanol–water partition coefficient (Wildman–Crippen LogP) is 1.54. The fourth-order valence-electron chi connectivity index (χ4n) is 2.82. The summed E-state index contributed by atoms with van der Waals surface area (Å²) in [5.41, 5.74) is 2.83. The fraction of sp³-hybridized carbons (Fsp3) is 0.571. The third kappa shape index (κ3) is 3.78. The Bertz CT molecular complexity index is 528. The molecule has 2 rings (SSSR count). The van der Waals surface area contributed by atoms with Crippen LogP contribution in [0.25, 0.3) is 0 Å². The Balaban J connectivity index is 2.03. The van der Waals surface area contributed by atoms with Gasteiger partial charge in [0, 0.05) is 25.7 Å². The molecule has 0 spiro atoms. The van der Waals surface area contributed by atoms with Crippen molar-refractivity contribution >= 4 is 10.0 Å². The molecule has 0 unspecified atom stereocenters. The van der Waals surface area contributed by atoms with Gasteiger partial charge in [-0.15, -0.1) is 0 Å². The Labute approximate surface area is 115 Å². The lowest BCUT2D eigenvalue weighted by Gasteiger charge is -2.37. The zero-order valence-corrected chi connectivity index (χ0v) is 12.4. The summed E-state index contributed by atoms with van der Waals surface area (Å²) in [6.07, 6.45) is 3.30. The highest BCUT2D eigenvalue weighted by molar-refractivity contribution is 7.88. The molecule has 1 aliphatic rings. The van der Waals surface area contributed by atoms with E-state index in [-0.39, 0.29) is 0 Å². The lowest BCUT2D eigenvalue weighted by molar-refractivity contribution is 0.184. The molecule has 1 atom stereocenters. The Kier molecular flexibility index (Phi) is 4.60. The van der Waals surface area contributed by atoms with Gasteiger partial charge in [0.15, 0.2) is 0 Å². The third-order valence-electron chi connectivity index (χ3n) is 3.67. The first-order valence-corrected chi connectivity index (χ1v) is 8.67. The van der Waals surface area contributed by atoms with Crippen molar-refractivity contribution in [3.63, 3.8) is 0 Å². The maximum Gasteiger partial charge on any atom is 0.208 e. The molecule has 1 aliphatic heterocycles. The number of benzene rings is 1. The van der Waals surface area contributed by atoms with Crippen LogP contribution in [0, 0.1) is 0 Å². The molecule has 1 N–H and O–H groups in total. The Morgan fingerprint density at radius 3 is 2.79 bits per heavy atom. The standard InChI is InChI=1S/C14H22N2O2S/c1-3-14-13-7-5-4-6-12(13)8-10-16(14)11-9-15-19(2,17)18/h4-7,14-15H,3,8-11H2,1-2H3/t14-/m0/s1. The number of nitrogens with zero attached hydrogens (tertiary/aromatic N) is 1. The minimum absolute atomic E-state index is 0.409. The van der Waals surface area contributed by atoms with Crippen LogP contribution in [0.2, 0.25) is 0 Å². The van der Waals surface area contributed by atoms with Crippen molar-refractivity contribution in [3.05, 3.63) is 35.4 Å². The molecule has 0 saturated heterocycles. The van der Waals surface area contributed by atoms with Crippen LogP contribution in [0.1, 0.15) is 30.5 Å². The normalized spacial score (nSPS) is 20.2. The molecule has 0 radical (unpaired) electrons. The van der Waals surface area contributed by atoms with Crippen molar-refractivity contribution in [2.45, 2.75) is 25.8 Å². The topological polar surface area (TPSA) is 49.4 Å². The van der Waals surface area contributed by atoms with Gasteiger partial charge in [0.05, 0.1) is 6.26 Å². The first kappa shape index (κ1) is 14.5. The molecule has 0 fully saturated rings. The number of hydrogen-bond donors (Lipinski definition) is 1. The van der Waals surface area contributed by atoms with Gasteiger partial charge < -0.3 is 0 Å². The molecule has 0 aliphatic carbocycles. The van der Waals surface area contributed by atoms with Crippen LogP contribution in [0.15, 0.2) is 24.3 Å². The van der Waals surface area contributed by atoms with Gasteiger partial charge in [-0.25, -0.2) is 13.1 Å². The summed E-state index contributed by atoms with van der Waals surface area (Å²) in [4.78, 5) is 2.38. The molecule has 0 saturated carbocycles. The van der Waals surface area contributed by atoms with Crippen molar-refractivity contribution in [2.75, 3.05) is 25.9 Å². The van der Waals surface area contributed by atoms with E-state index in [2.05, 4.69) is 40.8 Å². The zero-order chi connectivity index (χ0) is 13.9. The maximum absolute atomic E-state index is 11.1. The highest BCUT2D eigenvalue weighted by atomic mass is 32.2. The minimum atomic E-state index is -3.09. The number of nitrogens with one attached hydrogen (secondary N) is 1. The Hall–Kier alpha value is -0.910. The molecule has 0 aromatic heterocycles. The van der Waals surface area contributed by atoms with Gasteiger partial charge in [-0.05, 0) is 24.0 Å². The second-order valence-electron chi connectivity index (χ2n) is 5.08. The highest BCUT2D eigenvalue weighted by Crippen LogP contribution is 2.31. The van der Waals surface area contributed by atoms with Gasteiger partial charge >= 0.3 is 0 Å². The molecule has 1 aromatic carbocycles. The molecular formula is C14H22N2O2S. The van der Waals surface area contributed by atoms with E-state index in [0.29, 0.717) is 12.6 Å². The monoisotopic (exact) mass is 282 g/mol. The van der Waals surface area contributed by atoms with E-state index in [9.17, 15) is 8.42 Å². The predicted molar refractivity (Wildman–Crippen MR) is 77.6 cm³/mol. The molecule has 19 heavy (non-hydrogen) atoms. The molecule has 0 bridgehead atoms. The van der Waals surface area contributed by atoms with Crippen LogP contribution in [0.3, 0.4) is 0 Å². The highest BCUT2D eigenvalue weighted by Gasteiger charge is 2.25. The number of fused-ring (bicyclic) bond motifs is 1. The van der Waals surface area contributed by atoms with Crippen molar-refractivity contribution in [3.8, 4) is 0 Å². The molecule has 1 aromatic rings. The van der Waals surface area contributed by atoms with Crippen molar-refractivity contribution in [2.24, 2.45) is 0 Å². The largest absolute Gasteiger partial charge is 0.295 e. The smallest absolute Gasteiger partial charge is 0.208 e. The SMILES string of the molecule is CC[C@H]1c2ccccc2CCN1CCNS(C)(=O)=O. The van der Waals surface area contributed by atoms with Crippen molar-refractivity contribution in [1.82, 2.24) is 9.62 Å². The van der Waals surface area contributed by atoms with Crippen LogP contribution in [0.5, 0.6) is 0 Å². The minimum Gasteiger partial charge on any atom is -0.295 e. The number of sulfonamides is 1. The first-order valence-electron chi connectivity index (χ1n) is 6.77. The van der Waals surface area contributed by atoms with Gasteiger partial charge in [-0.2, -0.15) is 0 Å². The summed E-state index contributed by atoms with van der Waals surface area (Å²) in [6.45, 7) is 4.43. The van der Waals surface area contributed by atoms with Crippen LogP contribution in [-0.4, -0.2) is 39.2 Å². The van der Waals surface area contributed by atoms with Gasteiger partial charge in [0.25, 0.3) is 0 Å². The van der Waals surface area contributed by atoms with E-state index < -0.39 is 10.0 Å². The van der Waals surface area contributed by atoms with E-state index >= 15 is 0 Å². The van der Waals surface area contributed by atoms with Gasteiger partial charge in [0.2, 0.25) is 10.0 Å². The van der Waals surface area contributed by atoms with Crippen LogP contribution in [-0.2, 0) is 16.4 Å². The third-order valence-corrected chi connectivity index (χ3v) is 4.40. The average Bonchev–Trinajstić information content (AvgIpc) is 2.37. The zero-order valence-electron chi connectivity index (χ0n) is 11.6. The Morgan fingerprint density at radius 1 is 1.37 bits per heavy atom. The second kappa shape index (κ2) is 6.03. The van der Waals surface area contributed by atoms with Crippen LogP contribution >= 0.6 is 0 Å². The van der Waals surface area contributed by atoms with E-state index in [1.165, 1.54) is 17.4 Å². The summed E-state index contributed by atoms with van der Waals surface area (Å²) in [5.74, 6) is 0. The summed E-state index contributed by atoms with van der Waals surface area (Å²) in [7, 11) is -3.09. The Morgan fingerprint density at radius 2 is 2.11 bits per heavy atom. The maximum atomic E-state index is 11.1. The van der Waals surface area contributed by atoms with E-state index in [4.69, 9.17) is 0 Å². The summed E-state index contributed by atoms with van der Waals surface area (Å²) in [5, 5.41) is 0. The van der Waals surface area contributed by atoms with Crippen molar-refractivity contribution in [1.29, 1.82) is 0 Å². The molecule has 4 nitrogen and oxygen atoms in total. The molecule has 5 heteroatoms. The first-order chi connectivity index (χ1) is 9.01. The van der Waals surface area contributed by atoms with Gasteiger partial charge in [-0.1, -0.05) is 31.2 Å². The van der Waals surface area contributed by atoms with Gasteiger partial charge in [-0.3, -0.25) is 4.90 Å². The molecule has 0 amide bonds. The summed E-state index contributed by atoms with van der Waals surface area (Å²) in [6, 6.07) is 8.97. The lowest BCUT2D eigenvalue weighted by Crippen LogP contribution is -2.40. The molecule has 1 heterocycles. The van der Waals surface area contributed by atoms with E-state index in [1.54, 1.807) is 0 Å². The molecule has 106 valence electrons. The average molecular weight is 282 g/mol. The van der Waals surface area contributed by atoms with E-state index in [0.717, 1.165) is 25.9 Å². The molecular weight excluding hydrogens is 260 g/mol. The summed E-state index contributed by atoms with van der Waals surface area (Å²) >= 11 is 0. The van der Waals surface area contributed by atoms with Crippen LogP contribution < -0.4 is 4.72 Å². The lowest BCUT2D eigenvalue weighted by atomic mass is 9.91. The second-order valence-corrected chi connectivity index (χ2v) is 6.91. The van der Waals surface area contributed by atoms with E-state index in [1.807, 2.05) is 0 Å². The summed E-state index contributed by atoms with van der Waals surface area (Å²) < 4.78 is 24.8. The number of rotatable bonds is 5. The fourth-order valence-corrected chi connectivity index (χ4v) is 3.29.